The van der Waals surface area contributed by atoms with E-state index in [9.17, 15) is 26.4 Å². The van der Waals surface area contributed by atoms with Crippen molar-refractivity contribution in [2.45, 2.75) is 19.0 Å². The van der Waals surface area contributed by atoms with Gasteiger partial charge in [-0.25, -0.2) is 5.43 Å². The molecule has 4 rings (SSSR count). The molecule has 0 atom stereocenters. The lowest BCUT2D eigenvalue weighted by Gasteiger charge is -2.15. The summed E-state index contributed by atoms with van der Waals surface area (Å²) in [4.78, 5) is 12.4. The molecule has 0 saturated heterocycles. The van der Waals surface area contributed by atoms with Crippen molar-refractivity contribution >= 4 is 38.9 Å². The summed E-state index contributed by atoms with van der Waals surface area (Å²) in [5.41, 5.74) is 3.19. The summed E-state index contributed by atoms with van der Waals surface area (Å²) < 4.78 is 79.1. The number of allylic oxidation sites excluding steroid dienone is 2. The maximum absolute atomic E-state index is 13.0. The van der Waals surface area contributed by atoms with Gasteiger partial charge in [0.05, 0.1) is 19.7 Å². The first-order valence-corrected chi connectivity index (χ1v) is 13.4. The van der Waals surface area contributed by atoms with E-state index in [1.165, 1.54) is 37.6 Å². The van der Waals surface area contributed by atoms with Crippen LogP contribution in [0.4, 0.5) is 13.2 Å². The van der Waals surface area contributed by atoms with Crippen LogP contribution in [-0.4, -0.2) is 32.8 Å². The number of thioether (sulfide) groups is 1. The number of hydrogen-bond acceptors (Lipinski definition) is 9. The molecule has 1 N–H and O–H groups in total. The third-order valence-corrected chi connectivity index (χ3v) is 7.98. The molecule has 14 heteroatoms. The molecule has 2 heterocycles. The van der Waals surface area contributed by atoms with Gasteiger partial charge in [-0.15, -0.1) is 0 Å². The van der Waals surface area contributed by atoms with Crippen molar-refractivity contribution in [2.75, 3.05) is 7.11 Å². The normalized spacial score (nSPS) is 14.1. The lowest BCUT2D eigenvalue weighted by atomic mass is 10.1. The van der Waals surface area contributed by atoms with Gasteiger partial charge in [0.15, 0.2) is 5.75 Å². The Morgan fingerprint density at radius 2 is 1.97 bits per heavy atom. The summed E-state index contributed by atoms with van der Waals surface area (Å²) in [5, 5.41) is 7.29. The largest absolute Gasteiger partial charge is 0.497 e. The molecule has 3 aromatic rings. The number of rotatable bonds is 9. The van der Waals surface area contributed by atoms with Gasteiger partial charge in [-0.05, 0) is 36.2 Å². The summed E-state index contributed by atoms with van der Waals surface area (Å²) in [6.45, 7) is 0. The second-order valence-electron chi connectivity index (χ2n) is 7.90. The maximum atomic E-state index is 13.0. The van der Waals surface area contributed by atoms with E-state index in [0.717, 1.165) is 0 Å². The average Bonchev–Trinajstić information content (AvgIpc) is 3.41. The van der Waals surface area contributed by atoms with Gasteiger partial charge < -0.3 is 13.4 Å². The molecule has 204 valence electrons. The van der Waals surface area contributed by atoms with E-state index in [-0.39, 0.29) is 39.0 Å². The molecule has 1 amide bonds. The molecule has 9 nitrogen and oxygen atoms in total. The minimum atomic E-state index is -4.72. The Morgan fingerprint density at radius 1 is 1.18 bits per heavy atom. The first-order chi connectivity index (χ1) is 18.5. The second kappa shape index (κ2) is 11.8. The van der Waals surface area contributed by atoms with E-state index in [1.54, 1.807) is 36.4 Å². The molecule has 0 radical (unpaired) electrons. The molecule has 0 saturated carbocycles. The molecule has 1 aromatic heterocycles. The van der Waals surface area contributed by atoms with Crippen LogP contribution in [0.25, 0.3) is 4.91 Å². The predicted molar refractivity (Wildman–Crippen MR) is 138 cm³/mol. The predicted octanol–water partition coefficient (Wildman–Crippen LogP) is 5.12. The van der Waals surface area contributed by atoms with Gasteiger partial charge in [-0.2, -0.15) is 26.7 Å². The number of aromatic nitrogens is 1. The van der Waals surface area contributed by atoms with Crippen molar-refractivity contribution < 1.29 is 39.8 Å². The highest BCUT2D eigenvalue weighted by atomic mass is 32.3. The van der Waals surface area contributed by atoms with Gasteiger partial charge in [0.2, 0.25) is 11.7 Å². The van der Waals surface area contributed by atoms with E-state index in [0.29, 0.717) is 29.1 Å². The standard InChI is InChI=1S/C25H20F3N3O6S2/c1-35-18-8-4-6-16(12-18)13-23(32)30-29-15-17-7-2-3-9-20(17)37-39(33,34)24-11-5-10-21(38-24)19-14-22(36-31-19)25(26,27)28/h2-4,6-12,14-15H,5,13H2,1H3,(H,30,32). The average molecular weight is 580 g/mol. The minimum Gasteiger partial charge on any atom is -0.497 e. The highest BCUT2D eigenvalue weighted by molar-refractivity contribution is 8.22. The van der Waals surface area contributed by atoms with Gasteiger partial charge in [0, 0.05) is 16.5 Å². The molecule has 0 unspecified atom stereocenters. The van der Waals surface area contributed by atoms with Gasteiger partial charge in [-0.3, -0.25) is 4.79 Å². The molecule has 1 aliphatic rings. The highest BCUT2D eigenvalue weighted by Gasteiger charge is 2.37. The van der Waals surface area contributed by atoms with E-state index >= 15 is 0 Å². The quantitative estimate of drug-likeness (QED) is 0.211. The topological polar surface area (TPSA) is 120 Å². The highest BCUT2D eigenvalue weighted by Crippen LogP contribution is 2.42. The fourth-order valence-corrected chi connectivity index (χ4v) is 5.62. The first kappa shape index (κ1) is 28.0. The number of carbonyl (C=O) groups excluding carboxylic acids is 1. The number of nitrogens with zero attached hydrogens (tertiary/aromatic N) is 2. The fraction of sp³-hybridized carbons (Fsp3) is 0.160. The summed E-state index contributed by atoms with van der Waals surface area (Å²) in [5.74, 6) is -1.16. The van der Waals surface area contributed by atoms with Crippen LogP contribution in [0.5, 0.6) is 11.5 Å². The van der Waals surface area contributed by atoms with Crippen molar-refractivity contribution in [3.05, 3.63) is 93.6 Å². The summed E-state index contributed by atoms with van der Waals surface area (Å²) >= 11 is 0.686. The van der Waals surface area contributed by atoms with E-state index in [2.05, 4.69) is 20.2 Å². The van der Waals surface area contributed by atoms with Gasteiger partial charge >= 0.3 is 16.3 Å². The van der Waals surface area contributed by atoms with Crippen molar-refractivity contribution in [3.8, 4) is 11.5 Å². The number of carbonyl (C=O) groups is 1. The Balaban J connectivity index is 1.41. The van der Waals surface area contributed by atoms with Crippen LogP contribution in [0, 0.1) is 0 Å². The Kier molecular flexibility index (Phi) is 8.45. The van der Waals surface area contributed by atoms with Gasteiger partial charge in [0.25, 0.3) is 0 Å². The van der Waals surface area contributed by atoms with E-state index in [1.807, 2.05) is 0 Å². The van der Waals surface area contributed by atoms with Crippen LogP contribution >= 0.6 is 11.8 Å². The Bertz CT molecular complexity index is 1560. The number of nitrogens with one attached hydrogen (secondary N) is 1. The third kappa shape index (κ3) is 7.29. The van der Waals surface area contributed by atoms with Crippen LogP contribution in [0.3, 0.4) is 0 Å². The van der Waals surface area contributed by atoms with Crippen molar-refractivity contribution in [1.29, 1.82) is 0 Å². The monoisotopic (exact) mass is 579 g/mol. The number of amides is 1. The molecule has 39 heavy (non-hydrogen) atoms. The van der Waals surface area contributed by atoms with Gasteiger partial charge in [0.1, 0.15) is 15.7 Å². The van der Waals surface area contributed by atoms with Gasteiger partial charge in [-0.1, -0.05) is 53.3 Å². The zero-order valence-electron chi connectivity index (χ0n) is 20.1. The molecule has 0 bridgehead atoms. The maximum Gasteiger partial charge on any atom is 0.452 e. The number of halogens is 3. The zero-order valence-corrected chi connectivity index (χ0v) is 21.8. The van der Waals surface area contributed by atoms with Crippen LogP contribution in [-0.2, 0) is 27.5 Å². The van der Waals surface area contributed by atoms with E-state index < -0.39 is 28.0 Å². The minimum absolute atomic E-state index is 0.0400. The fourth-order valence-electron chi connectivity index (χ4n) is 3.29. The number of para-hydroxylation sites is 1. The number of ether oxygens (including phenoxy) is 1. The van der Waals surface area contributed by atoms with Crippen LogP contribution in [0.15, 0.2) is 80.6 Å². The summed E-state index contributed by atoms with van der Waals surface area (Å²) in [6, 6.07) is 13.8. The number of hydrazone groups is 1. The van der Waals surface area contributed by atoms with Crippen LogP contribution in [0.1, 0.15) is 29.0 Å². The van der Waals surface area contributed by atoms with Crippen LogP contribution < -0.4 is 14.3 Å². The van der Waals surface area contributed by atoms with Crippen molar-refractivity contribution in [3.63, 3.8) is 0 Å². The zero-order chi connectivity index (χ0) is 28.0. The Hall–Kier alpha value is -4.04. The molecule has 0 fully saturated rings. The molecule has 2 aromatic carbocycles. The van der Waals surface area contributed by atoms with Crippen molar-refractivity contribution in [2.24, 2.45) is 5.10 Å². The number of methoxy groups -OCH3 is 1. The summed E-state index contributed by atoms with van der Waals surface area (Å²) in [6.07, 6.45) is -0.440. The third-order valence-electron chi connectivity index (χ3n) is 5.10. The number of alkyl halides is 3. The van der Waals surface area contributed by atoms with Crippen molar-refractivity contribution in [1.82, 2.24) is 10.6 Å². The lowest BCUT2D eigenvalue weighted by Crippen LogP contribution is -2.20. The molecule has 0 spiro atoms. The van der Waals surface area contributed by atoms with Crippen LogP contribution in [0.2, 0.25) is 0 Å². The summed E-state index contributed by atoms with van der Waals surface area (Å²) in [7, 11) is -2.85. The molecule has 0 aliphatic carbocycles. The lowest BCUT2D eigenvalue weighted by molar-refractivity contribution is -0.155. The Morgan fingerprint density at radius 3 is 2.72 bits per heavy atom. The molecular formula is C25H20F3N3O6S2. The first-order valence-electron chi connectivity index (χ1n) is 11.2. The number of hydrogen-bond donors (Lipinski definition) is 1. The molecular weight excluding hydrogens is 559 g/mol. The van der Waals surface area contributed by atoms with E-state index in [4.69, 9.17) is 8.92 Å². The smallest absolute Gasteiger partial charge is 0.452 e. The SMILES string of the molecule is COc1cccc(CC(=O)NN=Cc2ccccc2OS(=O)(=O)C2=CCC=C(c3cc(C(F)(F)F)on3)S2)c1. The number of benzene rings is 2. The molecule has 1 aliphatic heterocycles. The Labute approximate surface area is 225 Å². The second-order valence-corrected chi connectivity index (χ2v) is 10.8.